The second kappa shape index (κ2) is 3.27. The molecule has 0 atom stereocenters. The van der Waals surface area contributed by atoms with Crippen LogP contribution in [-0.2, 0) is 4.74 Å². The monoisotopic (exact) mass is 140 g/mol. The quantitative estimate of drug-likeness (QED) is 0.636. The van der Waals surface area contributed by atoms with Crippen molar-refractivity contribution in [2.45, 2.75) is 0 Å². The second-order valence-corrected chi connectivity index (χ2v) is 2.17. The highest BCUT2D eigenvalue weighted by Gasteiger charge is 1.96. The first-order valence-electron chi connectivity index (χ1n) is 3.18. The van der Waals surface area contributed by atoms with Gasteiger partial charge in [0.15, 0.2) is 0 Å². The first-order valence-corrected chi connectivity index (χ1v) is 3.18. The molecule has 0 aliphatic heterocycles. The zero-order valence-electron chi connectivity index (χ0n) is 6.29. The Labute approximate surface area is 60.6 Å². The van der Waals surface area contributed by atoms with E-state index in [1.807, 2.05) is 30.3 Å². The van der Waals surface area contributed by atoms with Gasteiger partial charge in [-0.1, -0.05) is 0 Å². The Morgan fingerprint density at radius 3 is 3.00 bits per heavy atom. The van der Waals surface area contributed by atoms with Crippen LogP contribution in [0.4, 0.5) is 5.82 Å². The lowest BCUT2D eigenvalue weighted by Gasteiger charge is -2.14. The number of aromatic nitrogens is 1. The average molecular weight is 140 g/mol. The highest BCUT2D eigenvalue weighted by atomic mass is 16.5. The Bertz CT molecular complexity index is 172. The van der Waals surface area contributed by atoms with Crippen molar-refractivity contribution in [2.24, 2.45) is 0 Å². The summed E-state index contributed by atoms with van der Waals surface area (Å²) in [5.41, 5.74) is 0. The maximum atomic E-state index is 4.93. The lowest BCUT2D eigenvalue weighted by atomic mass is 10.6. The Morgan fingerprint density at radius 1 is 1.70 bits per heavy atom. The largest absolute Gasteiger partial charge is 0.364 e. The van der Waals surface area contributed by atoms with Gasteiger partial charge >= 0.3 is 0 Å². The summed E-state index contributed by atoms with van der Waals surface area (Å²) in [6, 6.07) is 3.96. The standard InChI is InChI=1S/C7H12N2O/c1-9(6-10-2)7-4-3-5-8-7/h3-5,8H,6H2,1-2H3. The van der Waals surface area contributed by atoms with Crippen molar-refractivity contribution in [3.05, 3.63) is 18.3 Å². The third-order valence-electron chi connectivity index (χ3n) is 1.32. The molecule has 0 radical (unpaired) electrons. The van der Waals surface area contributed by atoms with E-state index < -0.39 is 0 Å². The summed E-state index contributed by atoms with van der Waals surface area (Å²) >= 11 is 0. The van der Waals surface area contributed by atoms with Crippen LogP contribution in [0, 0.1) is 0 Å². The summed E-state index contributed by atoms with van der Waals surface area (Å²) in [5.74, 6) is 1.07. The Hall–Kier alpha value is -0.960. The number of methoxy groups -OCH3 is 1. The minimum atomic E-state index is 0.612. The first kappa shape index (κ1) is 7.15. The highest BCUT2D eigenvalue weighted by Crippen LogP contribution is 2.06. The van der Waals surface area contributed by atoms with Gasteiger partial charge in [-0.25, -0.2) is 0 Å². The van der Waals surface area contributed by atoms with E-state index in [0.29, 0.717) is 6.73 Å². The number of ether oxygens (including phenoxy) is 1. The molecular formula is C7H12N2O. The fraction of sp³-hybridized carbons (Fsp3) is 0.429. The molecule has 0 amide bonds. The van der Waals surface area contributed by atoms with Gasteiger partial charge in [-0.3, -0.25) is 0 Å². The summed E-state index contributed by atoms with van der Waals surface area (Å²) in [5, 5.41) is 0. The van der Waals surface area contributed by atoms with Crippen LogP contribution in [0.5, 0.6) is 0 Å². The van der Waals surface area contributed by atoms with Crippen LogP contribution in [-0.4, -0.2) is 25.9 Å². The molecule has 0 spiro atoms. The number of rotatable bonds is 3. The van der Waals surface area contributed by atoms with Gasteiger partial charge in [-0.2, -0.15) is 0 Å². The fourth-order valence-electron chi connectivity index (χ4n) is 0.821. The van der Waals surface area contributed by atoms with E-state index in [9.17, 15) is 0 Å². The second-order valence-electron chi connectivity index (χ2n) is 2.17. The molecule has 0 unspecified atom stereocenters. The van der Waals surface area contributed by atoms with E-state index in [-0.39, 0.29) is 0 Å². The molecule has 3 nitrogen and oxygen atoms in total. The van der Waals surface area contributed by atoms with E-state index in [2.05, 4.69) is 4.98 Å². The van der Waals surface area contributed by atoms with Crippen LogP contribution >= 0.6 is 0 Å². The smallest absolute Gasteiger partial charge is 0.119 e. The summed E-state index contributed by atoms with van der Waals surface area (Å²) < 4.78 is 4.93. The van der Waals surface area contributed by atoms with Crippen LogP contribution in [0.3, 0.4) is 0 Å². The maximum Gasteiger partial charge on any atom is 0.119 e. The Balaban J connectivity index is 2.50. The third-order valence-corrected chi connectivity index (χ3v) is 1.32. The summed E-state index contributed by atoms with van der Waals surface area (Å²) in [6.45, 7) is 0.612. The topological polar surface area (TPSA) is 28.3 Å². The van der Waals surface area contributed by atoms with E-state index >= 15 is 0 Å². The minimum Gasteiger partial charge on any atom is -0.364 e. The van der Waals surface area contributed by atoms with Gasteiger partial charge in [0.1, 0.15) is 12.5 Å². The average Bonchev–Trinajstić information content (AvgIpc) is 2.38. The van der Waals surface area contributed by atoms with Crippen LogP contribution < -0.4 is 4.90 Å². The van der Waals surface area contributed by atoms with Gasteiger partial charge in [0.25, 0.3) is 0 Å². The van der Waals surface area contributed by atoms with Crippen molar-refractivity contribution in [1.29, 1.82) is 0 Å². The molecule has 1 aromatic heterocycles. The van der Waals surface area contributed by atoms with Crippen LogP contribution in [0.15, 0.2) is 18.3 Å². The lowest BCUT2D eigenvalue weighted by molar-refractivity contribution is 0.201. The van der Waals surface area contributed by atoms with E-state index in [1.165, 1.54) is 0 Å². The molecule has 0 saturated carbocycles. The van der Waals surface area contributed by atoms with Gasteiger partial charge < -0.3 is 14.6 Å². The van der Waals surface area contributed by atoms with Crippen molar-refractivity contribution in [3.63, 3.8) is 0 Å². The molecule has 0 aromatic carbocycles. The van der Waals surface area contributed by atoms with Crippen LogP contribution in [0.25, 0.3) is 0 Å². The molecule has 0 aliphatic carbocycles. The molecule has 0 saturated heterocycles. The molecule has 10 heavy (non-hydrogen) atoms. The Kier molecular flexibility index (Phi) is 2.34. The number of H-pyrrole nitrogens is 1. The minimum absolute atomic E-state index is 0.612. The van der Waals surface area contributed by atoms with Gasteiger partial charge in [0, 0.05) is 20.4 Å². The van der Waals surface area contributed by atoms with Crippen molar-refractivity contribution in [3.8, 4) is 0 Å². The van der Waals surface area contributed by atoms with E-state index in [4.69, 9.17) is 4.74 Å². The molecule has 1 heterocycles. The van der Waals surface area contributed by atoms with Crippen molar-refractivity contribution in [1.82, 2.24) is 4.98 Å². The van der Waals surface area contributed by atoms with Gasteiger partial charge in [-0.05, 0) is 12.1 Å². The Morgan fingerprint density at radius 2 is 2.50 bits per heavy atom. The third kappa shape index (κ3) is 1.51. The molecule has 0 aliphatic rings. The molecular weight excluding hydrogens is 128 g/mol. The predicted molar refractivity (Wildman–Crippen MR) is 41.1 cm³/mol. The van der Waals surface area contributed by atoms with Crippen molar-refractivity contribution in [2.75, 3.05) is 25.8 Å². The zero-order valence-corrected chi connectivity index (χ0v) is 6.29. The SMILES string of the molecule is COCN(C)c1ccc[nH]1. The van der Waals surface area contributed by atoms with Crippen molar-refractivity contribution < 1.29 is 4.74 Å². The normalized spacial score (nSPS) is 9.80. The van der Waals surface area contributed by atoms with Gasteiger partial charge in [0.05, 0.1) is 0 Å². The first-order chi connectivity index (χ1) is 4.84. The lowest BCUT2D eigenvalue weighted by Crippen LogP contribution is -2.19. The molecule has 0 fully saturated rings. The van der Waals surface area contributed by atoms with E-state index in [1.54, 1.807) is 7.11 Å². The van der Waals surface area contributed by atoms with E-state index in [0.717, 1.165) is 5.82 Å². The number of anilines is 1. The van der Waals surface area contributed by atoms with Gasteiger partial charge in [-0.15, -0.1) is 0 Å². The molecule has 1 N–H and O–H groups in total. The maximum absolute atomic E-state index is 4.93. The summed E-state index contributed by atoms with van der Waals surface area (Å²) in [6.07, 6.45) is 1.89. The van der Waals surface area contributed by atoms with Gasteiger partial charge in [0.2, 0.25) is 0 Å². The predicted octanol–water partition coefficient (Wildman–Crippen LogP) is 1.05. The van der Waals surface area contributed by atoms with Crippen LogP contribution in [0.1, 0.15) is 0 Å². The highest BCUT2D eigenvalue weighted by molar-refractivity contribution is 5.36. The molecule has 1 aromatic rings. The zero-order chi connectivity index (χ0) is 7.40. The number of hydrogen-bond acceptors (Lipinski definition) is 2. The van der Waals surface area contributed by atoms with Crippen LogP contribution in [0.2, 0.25) is 0 Å². The number of aromatic amines is 1. The molecule has 56 valence electrons. The summed E-state index contributed by atoms with van der Waals surface area (Å²) in [4.78, 5) is 5.05. The molecule has 0 bridgehead atoms. The number of nitrogens with zero attached hydrogens (tertiary/aromatic N) is 1. The molecule has 1 rings (SSSR count). The number of nitrogens with one attached hydrogen (secondary N) is 1. The molecule has 3 heteroatoms. The van der Waals surface area contributed by atoms with Crippen molar-refractivity contribution >= 4 is 5.82 Å². The summed E-state index contributed by atoms with van der Waals surface area (Å²) in [7, 11) is 3.65. The fourth-order valence-corrected chi connectivity index (χ4v) is 0.821. The number of hydrogen-bond donors (Lipinski definition) is 1.